The third-order valence-electron chi connectivity index (χ3n) is 3.14. The molecule has 2 rings (SSSR count). The van der Waals surface area contributed by atoms with Crippen LogP contribution in [0.5, 0.6) is 0 Å². The van der Waals surface area contributed by atoms with Gasteiger partial charge in [-0.2, -0.15) is 13.2 Å². The lowest BCUT2D eigenvalue weighted by Crippen LogP contribution is -2.30. The van der Waals surface area contributed by atoms with Crippen LogP contribution in [0.4, 0.5) is 18.9 Å². The smallest absolute Gasteiger partial charge is 0.352 e. The first-order valence-corrected chi connectivity index (χ1v) is 7.12. The quantitative estimate of drug-likeness (QED) is 0.882. The van der Waals surface area contributed by atoms with E-state index in [0.717, 1.165) is 5.56 Å². The summed E-state index contributed by atoms with van der Waals surface area (Å²) in [5, 5.41) is 4.46. The molecule has 2 N–H and O–H groups in total. The van der Waals surface area contributed by atoms with Gasteiger partial charge in [0.1, 0.15) is 0 Å². The maximum absolute atomic E-state index is 12.2. The van der Waals surface area contributed by atoms with Gasteiger partial charge in [0, 0.05) is 12.2 Å². The Bertz CT molecular complexity index is 715. The molecule has 0 atom stereocenters. The molecule has 0 aromatic heterocycles. The standard InChI is InChI=1S/C17H15F3N2O2/c18-17(19,20)16(24)22-14-8-4-7-13(9-14)11-21-15(23)10-12-5-2-1-3-6-12/h1-9H,10-11H2,(H,21,23)(H,22,24). The van der Waals surface area contributed by atoms with Crippen LogP contribution in [0.15, 0.2) is 54.6 Å². The highest BCUT2D eigenvalue weighted by atomic mass is 19.4. The zero-order valence-corrected chi connectivity index (χ0v) is 12.6. The molecule has 0 saturated carbocycles. The normalized spacial score (nSPS) is 11.0. The van der Waals surface area contributed by atoms with Gasteiger partial charge in [0.15, 0.2) is 0 Å². The van der Waals surface area contributed by atoms with Gasteiger partial charge in [-0.1, -0.05) is 42.5 Å². The summed E-state index contributed by atoms with van der Waals surface area (Å²) in [6, 6.07) is 15.0. The Hall–Kier alpha value is -2.83. The van der Waals surface area contributed by atoms with Crippen LogP contribution in [0, 0.1) is 0 Å². The van der Waals surface area contributed by atoms with E-state index in [1.54, 1.807) is 11.4 Å². The van der Waals surface area contributed by atoms with Crippen LogP contribution in [0.3, 0.4) is 0 Å². The molecule has 0 aliphatic heterocycles. The highest BCUT2D eigenvalue weighted by molar-refractivity contribution is 5.94. The molecule has 4 nitrogen and oxygen atoms in total. The fourth-order valence-corrected chi connectivity index (χ4v) is 2.01. The Balaban J connectivity index is 1.90. The van der Waals surface area contributed by atoms with Crippen LogP contribution >= 0.6 is 0 Å². The van der Waals surface area contributed by atoms with Crippen LogP contribution < -0.4 is 10.6 Å². The number of hydrogen-bond donors (Lipinski definition) is 2. The Morgan fingerprint density at radius 3 is 2.25 bits per heavy atom. The molecule has 2 aromatic carbocycles. The molecule has 0 aliphatic rings. The van der Waals surface area contributed by atoms with Crippen molar-refractivity contribution in [2.45, 2.75) is 19.1 Å². The first-order valence-electron chi connectivity index (χ1n) is 7.12. The van der Waals surface area contributed by atoms with Gasteiger partial charge in [0.25, 0.3) is 0 Å². The molecule has 0 spiro atoms. The Labute approximate surface area is 136 Å². The molecule has 0 saturated heterocycles. The van der Waals surface area contributed by atoms with E-state index in [1.165, 1.54) is 18.2 Å². The highest BCUT2D eigenvalue weighted by Crippen LogP contribution is 2.18. The first kappa shape index (κ1) is 17.5. The lowest BCUT2D eigenvalue weighted by Gasteiger charge is -2.10. The monoisotopic (exact) mass is 336 g/mol. The molecule has 126 valence electrons. The van der Waals surface area contributed by atoms with Gasteiger partial charge in [-0.05, 0) is 23.3 Å². The van der Waals surface area contributed by atoms with Gasteiger partial charge in [0.2, 0.25) is 5.91 Å². The number of nitrogens with one attached hydrogen (secondary N) is 2. The van der Waals surface area contributed by atoms with E-state index in [1.807, 2.05) is 30.3 Å². The molecule has 0 fully saturated rings. The minimum atomic E-state index is -4.94. The van der Waals surface area contributed by atoms with Gasteiger partial charge in [-0.15, -0.1) is 0 Å². The van der Waals surface area contributed by atoms with Gasteiger partial charge < -0.3 is 10.6 Å². The first-order chi connectivity index (χ1) is 11.3. The predicted molar refractivity (Wildman–Crippen MR) is 83.1 cm³/mol. The zero-order valence-electron chi connectivity index (χ0n) is 12.6. The van der Waals surface area contributed by atoms with E-state index in [9.17, 15) is 22.8 Å². The fraction of sp³-hybridized carbons (Fsp3) is 0.176. The van der Waals surface area contributed by atoms with Crippen molar-refractivity contribution in [3.8, 4) is 0 Å². The van der Waals surface area contributed by atoms with Crippen molar-refractivity contribution in [3.63, 3.8) is 0 Å². The molecule has 0 unspecified atom stereocenters. The molecular weight excluding hydrogens is 321 g/mol. The third kappa shape index (κ3) is 5.42. The predicted octanol–water partition coefficient (Wildman–Crippen LogP) is 3.05. The van der Waals surface area contributed by atoms with Crippen molar-refractivity contribution in [3.05, 3.63) is 65.7 Å². The number of alkyl halides is 3. The van der Waals surface area contributed by atoms with Crippen LogP contribution in [0.25, 0.3) is 0 Å². The second kappa shape index (κ2) is 7.63. The summed E-state index contributed by atoms with van der Waals surface area (Å²) in [5.41, 5.74) is 1.46. The van der Waals surface area contributed by atoms with E-state index >= 15 is 0 Å². The average molecular weight is 336 g/mol. The summed E-state index contributed by atoms with van der Waals surface area (Å²) in [7, 11) is 0. The van der Waals surface area contributed by atoms with Crippen LogP contribution in [0.1, 0.15) is 11.1 Å². The number of benzene rings is 2. The van der Waals surface area contributed by atoms with Crippen molar-refractivity contribution in [1.29, 1.82) is 0 Å². The van der Waals surface area contributed by atoms with Gasteiger partial charge in [-0.3, -0.25) is 9.59 Å². The van der Waals surface area contributed by atoms with E-state index < -0.39 is 12.1 Å². The molecule has 2 amide bonds. The number of halogens is 3. The van der Waals surface area contributed by atoms with E-state index in [4.69, 9.17) is 0 Å². The fourth-order valence-electron chi connectivity index (χ4n) is 2.01. The minimum Gasteiger partial charge on any atom is -0.352 e. The second-order valence-electron chi connectivity index (χ2n) is 5.09. The number of hydrogen-bond acceptors (Lipinski definition) is 2. The average Bonchev–Trinajstić information content (AvgIpc) is 2.53. The molecular formula is C17H15F3N2O2. The van der Waals surface area contributed by atoms with E-state index in [0.29, 0.717) is 5.56 Å². The summed E-state index contributed by atoms with van der Waals surface area (Å²) < 4.78 is 36.7. The van der Waals surface area contributed by atoms with Gasteiger partial charge in [-0.25, -0.2) is 0 Å². The molecule has 0 heterocycles. The number of anilines is 1. The SMILES string of the molecule is O=C(Cc1ccccc1)NCc1cccc(NC(=O)C(F)(F)F)c1. The van der Waals surface area contributed by atoms with Crippen molar-refractivity contribution < 1.29 is 22.8 Å². The third-order valence-corrected chi connectivity index (χ3v) is 3.14. The maximum atomic E-state index is 12.2. The van der Waals surface area contributed by atoms with Crippen LogP contribution in [0.2, 0.25) is 0 Å². The van der Waals surface area contributed by atoms with Crippen molar-refractivity contribution >= 4 is 17.5 Å². The topological polar surface area (TPSA) is 58.2 Å². The number of amides is 2. The molecule has 24 heavy (non-hydrogen) atoms. The Morgan fingerprint density at radius 2 is 1.58 bits per heavy atom. The van der Waals surface area contributed by atoms with Crippen LogP contribution in [-0.4, -0.2) is 18.0 Å². The van der Waals surface area contributed by atoms with Crippen LogP contribution in [-0.2, 0) is 22.6 Å². The van der Waals surface area contributed by atoms with Gasteiger partial charge in [0.05, 0.1) is 6.42 Å². The number of carbonyl (C=O) groups is 2. The lowest BCUT2D eigenvalue weighted by atomic mass is 10.1. The highest BCUT2D eigenvalue weighted by Gasteiger charge is 2.38. The van der Waals surface area contributed by atoms with Crippen molar-refractivity contribution in [2.75, 3.05) is 5.32 Å². The van der Waals surface area contributed by atoms with E-state index in [-0.39, 0.29) is 24.6 Å². The molecule has 0 bridgehead atoms. The minimum absolute atomic E-state index is 0.0205. The molecule has 2 aromatic rings. The van der Waals surface area contributed by atoms with Gasteiger partial charge >= 0.3 is 12.1 Å². The van der Waals surface area contributed by atoms with Crippen molar-refractivity contribution in [1.82, 2.24) is 5.32 Å². The molecule has 7 heteroatoms. The largest absolute Gasteiger partial charge is 0.471 e. The molecule has 0 aliphatic carbocycles. The maximum Gasteiger partial charge on any atom is 0.471 e. The summed E-state index contributed by atoms with van der Waals surface area (Å²) in [6.07, 6.45) is -4.73. The number of carbonyl (C=O) groups excluding carboxylic acids is 2. The zero-order chi connectivity index (χ0) is 17.6. The Morgan fingerprint density at radius 1 is 0.917 bits per heavy atom. The lowest BCUT2D eigenvalue weighted by molar-refractivity contribution is -0.167. The second-order valence-corrected chi connectivity index (χ2v) is 5.09. The summed E-state index contributed by atoms with van der Waals surface area (Å²) in [4.78, 5) is 22.8. The summed E-state index contributed by atoms with van der Waals surface area (Å²) in [6.45, 7) is 0.154. The molecule has 0 radical (unpaired) electrons. The summed E-state index contributed by atoms with van der Waals surface area (Å²) in [5.74, 6) is -2.24. The summed E-state index contributed by atoms with van der Waals surface area (Å²) >= 11 is 0. The van der Waals surface area contributed by atoms with E-state index in [2.05, 4.69) is 5.32 Å². The van der Waals surface area contributed by atoms with Crippen molar-refractivity contribution in [2.24, 2.45) is 0 Å². The number of rotatable bonds is 5. The Kier molecular flexibility index (Phi) is 5.57.